The zero-order chi connectivity index (χ0) is 10.8. The van der Waals surface area contributed by atoms with Gasteiger partial charge in [-0.3, -0.25) is 4.68 Å². The van der Waals surface area contributed by atoms with E-state index in [-0.39, 0.29) is 5.54 Å². The fraction of sp³-hybridized carbons (Fsp3) is 0.700. The van der Waals surface area contributed by atoms with Crippen molar-refractivity contribution in [1.29, 1.82) is 0 Å². The van der Waals surface area contributed by atoms with Crippen LogP contribution in [-0.4, -0.2) is 21.9 Å². The molecule has 0 saturated carbocycles. The van der Waals surface area contributed by atoms with Gasteiger partial charge in [0, 0.05) is 25.2 Å². The molecular formula is C10H20N4. The van der Waals surface area contributed by atoms with E-state index in [0.29, 0.717) is 0 Å². The number of nitrogens with one attached hydrogen (secondary N) is 1. The minimum absolute atomic E-state index is 0.110. The van der Waals surface area contributed by atoms with E-state index in [2.05, 4.69) is 10.4 Å². The molecular weight excluding hydrogens is 176 g/mol. The third-order valence-electron chi connectivity index (χ3n) is 2.08. The second-order valence-electron chi connectivity index (χ2n) is 4.46. The molecule has 80 valence electrons. The van der Waals surface area contributed by atoms with Crippen LogP contribution in [0.25, 0.3) is 0 Å². The molecule has 0 bridgehead atoms. The summed E-state index contributed by atoms with van der Waals surface area (Å²) in [5, 5.41) is 7.56. The molecule has 0 spiro atoms. The van der Waals surface area contributed by atoms with Gasteiger partial charge in [-0.1, -0.05) is 0 Å². The lowest BCUT2D eigenvalue weighted by Crippen LogP contribution is -2.34. The second kappa shape index (κ2) is 4.00. The van der Waals surface area contributed by atoms with Gasteiger partial charge in [0.2, 0.25) is 0 Å². The van der Waals surface area contributed by atoms with Crippen molar-refractivity contribution >= 4 is 5.82 Å². The molecule has 0 atom stereocenters. The van der Waals surface area contributed by atoms with Crippen LogP contribution in [0.15, 0.2) is 6.07 Å². The highest BCUT2D eigenvalue weighted by molar-refractivity contribution is 5.36. The average Bonchev–Trinajstić information content (AvgIpc) is 2.27. The number of hydrogen-bond acceptors (Lipinski definition) is 3. The molecule has 1 rings (SSSR count). The van der Waals surface area contributed by atoms with E-state index in [4.69, 9.17) is 5.73 Å². The Bertz CT molecular complexity index is 296. The number of nitrogens with two attached hydrogens (primary N) is 1. The first-order valence-corrected chi connectivity index (χ1v) is 4.92. The van der Waals surface area contributed by atoms with Gasteiger partial charge in [-0.25, -0.2) is 0 Å². The maximum atomic E-state index is 5.88. The molecule has 1 heterocycles. The van der Waals surface area contributed by atoms with E-state index in [1.807, 2.05) is 38.6 Å². The first kappa shape index (κ1) is 11.0. The summed E-state index contributed by atoms with van der Waals surface area (Å²) in [6, 6.07) is 2.03. The predicted octanol–water partition coefficient (Wildman–Crippen LogP) is 1.27. The van der Waals surface area contributed by atoms with Gasteiger partial charge in [-0.2, -0.15) is 5.10 Å². The molecule has 0 unspecified atom stereocenters. The summed E-state index contributed by atoms with van der Waals surface area (Å²) in [6.45, 7) is 6.92. The molecule has 0 radical (unpaired) electrons. The maximum absolute atomic E-state index is 5.88. The number of aromatic nitrogens is 2. The van der Waals surface area contributed by atoms with E-state index >= 15 is 0 Å². The summed E-state index contributed by atoms with van der Waals surface area (Å²) in [6.07, 6.45) is 0.942. The van der Waals surface area contributed by atoms with E-state index in [1.165, 1.54) is 0 Å². The average molecular weight is 196 g/mol. The smallest absolute Gasteiger partial charge is 0.124 e. The first-order chi connectivity index (χ1) is 6.38. The van der Waals surface area contributed by atoms with Crippen molar-refractivity contribution in [3.63, 3.8) is 0 Å². The van der Waals surface area contributed by atoms with Crippen LogP contribution in [0.1, 0.15) is 26.0 Å². The summed E-state index contributed by atoms with van der Waals surface area (Å²) in [5.41, 5.74) is 6.80. The lowest BCUT2D eigenvalue weighted by molar-refractivity contribution is 0.490. The molecule has 14 heavy (non-hydrogen) atoms. The zero-order valence-corrected chi connectivity index (χ0v) is 9.46. The van der Waals surface area contributed by atoms with Crippen LogP contribution in [0.2, 0.25) is 0 Å². The Morgan fingerprint density at radius 2 is 2.21 bits per heavy atom. The Labute approximate surface area is 85.5 Å². The maximum Gasteiger partial charge on any atom is 0.124 e. The van der Waals surface area contributed by atoms with Crippen molar-refractivity contribution in [1.82, 2.24) is 9.78 Å². The topological polar surface area (TPSA) is 55.9 Å². The Hall–Kier alpha value is -1.03. The van der Waals surface area contributed by atoms with Crippen LogP contribution >= 0.6 is 0 Å². The van der Waals surface area contributed by atoms with Crippen molar-refractivity contribution in [3.8, 4) is 0 Å². The summed E-state index contributed by atoms with van der Waals surface area (Å²) < 4.78 is 1.85. The number of hydrogen-bond donors (Lipinski definition) is 2. The molecule has 0 aliphatic rings. The molecule has 1 aromatic rings. The van der Waals surface area contributed by atoms with E-state index in [9.17, 15) is 0 Å². The predicted molar refractivity (Wildman–Crippen MR) is 59.3 cm³/mol. The number of aryl methyl sites for hydroxylation is 2. The van der Waals surface area contributed by atoms with Crippen LogP contribution in [-0.2, 0) is 7.05 Å². The minimum Gasteiger partial charge on any atom is -0.370 e. The van der Waals surface area contributed by atoms with E-state index < -0.39 is 0 Å². The molecule has 4 nitrogen and oxygen atoms in total. The van der Waals surface area contributed by atoms with Crippen molar-refractivity contribution in [2.75, 3.05) is 11.9 Å². The Kier molecular flexibility index (Phi) is 3.16. The van der Waals surface area contributed by atoms with Gasteiger partial charge in [-0.15, -0.1) is 0 Å². The van der Waals surface area contributed by atoms with Crippen LogP contribution in [0.5, 0.6) is 0 Å². The van der Waals surface area contributed by atoms with Crippen molar-refractivity contribution in [3.05, 3.63) is 11.8 Å². The molecule has 1 aromatic heterocycles. The Morgan fingerprint density at radius 3 is 2.64 bits per heavy atom. The van der Waals surface area contributed by atoms with Crippen LogP contribution in [0.3, 0.4) is 0 Å². The monoisotopic (exact) mass is 196 g/mol. The van der Waals surface area contributed by atoms with Gasteiger partial charge in [0.1, 0.15) is 5.82 Å². The largest absolute Gasteiger partial charge is 0.370 e. The third kappa shape index (κ3) is 3.38. The second-order valence-corrected chi connectivity index (χ2v) is 4.46. The van der Waals surface area contributed by atoms with E-state index in [1.54, 1.807) is 0 Å². The molecule has 0 aliphatic carbocycles. The molecule has 0 aromatic carbocycles. The summed E-state index contributed by atoms with van der Waals surface area (Å²) >= 11 is 0. The summed E-state index contributed by atoms with van der Waals surface area (Å²) in [5.74, 6) is 1.05. The molecule has 0 saturated heterocycles. The number of anilines is 1. The lowest BCUT2D eigenvalue weighted by Gasteiger charge is -2.18. The highest BCUT2D eigenvalue weighted by atomic mass is 15.3. The Balaban J connectivity index is 2.42. The normalized spacial score (nSPS) is 11.8. The molecule has 0 aliphatic heterocycles. The summed E-state index contributed by atoms with van der Waals surface area (Å²) in [7, 11) is 1.93. The third-order valence-corrected chi connectivity index (χ3v) is 2.08. The SMILES string of the molecule is Cc1cc(NCCC(C)(C)N)n(C)n1. The van der Waals surface area contributed by atoms with Crippen LogP contribution < -0.4 is 11.1 Å². The van der Waals surface area contributed by atoms with Crippen molar-refractivity contribution < 1.29 is 0 Å². The number of rotatable bonds is 4. The standard InChI is InChI=1S/C10H20N4/c1-8-7-9(14(4)13-8)12-6-5-10(2,3)11/h7,12H,5-6,11H2,1-4H3. The van der Waals surface area contributed by atoms with Gasteiger partial charge in [0.05, 0.1) is 5.69 Å². The van der Waals surface area contributed by atoms with Crippen molar-refractivity contribution in [2.45, 2.75) is 32.7 Å². The van der Waals surface area contributed by atoms with Crippen LogP contribution in [0, 0.1) is 6.92 Å². The number of nitrogens with zero attached hydrogens (tertiary/aromatic N) is 2. The molecule has 3 N–H and O–H groups in total. The highest BCUT2D eigenvalue weighted by Gasteiger charge is 2.10. The molecule has 0 fully saturated rings. The van der Waals surface area contributed by atoms with E-state index in [0.717, 1.165) is 24.5 Å². The van der Waals surface area contributed by atoms with Gasteiger partial charge < -0.3 is 11.1 Å². The van der Waals surface area contributed by atoms with Crippen LogP contribution in [0.4, 0.5) is 5.82 Å². The highest BCUT2D eigenvalue weighted by Crippen LogP contribution is 2.09. The Morgan fingerprint density at radius 1 is 1.57 bits per heavy atom. The van der Waals surface area contributed by atoms with Gasteiger partial charge in [-0.05, 0) is 27.2 Å². The van der Waals surface area contributed by atoms with Gasteiger partial charge in [0.25, 0.3) is 0 Å². The molecule has 4 heteroatoms. The molecule has 0 amide bonds. The first-order valence-electron chi connectivity index (χ1n) is 4.92. The quantitative estimate of drug-likeness (QED) is 0.762. The zero-order valence-electron chi connectivity index (χ0n) is 9.46. The van der Waals surface area contributed by atoms with Crippen molar-refractivity contribution in [2.24, 2.45) is 12.8 Å². The summed E-state index contributed by atoms with van der Waals surface area (Å²) in [4.78, 5) is 0. The van der Waals surface area contributed by atoms with Gasteiger partial charge in [0.15, 0.2) is 0 Å². The minimum atomic E-state index is -0.110. The van der Waals surface area contributed by atoms with Gasteiger partial charge >= 0.3 is 0 Å². The fourth-order valence-corrected chi connectivity index (χ4v) is 1.29. The fourth-order valence-electron chi connectivity index (χ4n) is 1.29. The lowest BCUT2D eigenvalue weighted by atomic mass is 10.0.